The first-order valence-corrected chi connectivity index (χ1v) is 9.12. The molecule has 1 amide bonds. The number of rotatable bonds is 6. The highest BCUT2D eigenvalue weighted by Gasteiger charge is 2.24. The first-order valence-electron chi connectivity index (χ1n) is 7.64. The van der Waals surface area contributed by atoms with E-state index in [1.54, 1.807) is 30.3 Å². The van der Waals surface area contributed by atoms with Crippen molar-refractivity contribution in [2.24, 2.45) is 11.7 Å². The fraction of sp³-hybridized carbons (Fsp3) is 0.353. The number of hydrogen-bond acceptors (Lipinski definition) is 5. The van der Waals surface area contributed by atoms with Crippen LogP contribution in [-0.2, 0) is 14.8 Å². The number of nitrogens with two attached hydrogens (primary N) is 1. The van der Waals surface area contributed by atoms with Crippen LogP contribution in [0.5, 0.6) is 5.75 Å². The van der Waals surface area contributed by atoms with Crippen LogP contribution in [0, 0.1) is 5.92 Å². The molecule has 0 radical (unpaired) electrons. The van der Waals surface area contributed by atoms with E-state index in [2.05, 4.69) is 4.72 Å². The zero-order chi connectivity index (χ0) is 17.9. The first kappa shape index (κ1) is 18.2. The van der Waals surface area contributed by atoms with E-state index in [-0.39, 0.29) is 10.8 Å². The molecule has 2 aromatic carbocycles. The maximum Gasteiger partial charge on any atom is 0.264 e. The van der Waals surface area contributed by atoms with Gasteiger partial charge in [-0.2, -0.15) is 0 Å². The summed E-state index contributed by atoms with van der Waals surface area (Å²) in [6, 6.07) is 9.07. The van der Waals surface area contributed by atoms with Crippen molar-refractivity contribution in [1.82, 2.24) is 4.72 Å². The van der Waals surface area contributed by atoms with E-state index in [1.807, 2.05) is 13.8 Å². The van der Waals surface area contributed by atoms with Gasteiger partial charge in [0.05, 0.1) is 18.0 Å². The van der Waals surface area contributed by atoms with Gasteiger partial charge in [0.2, 0.25) is 0 Å². The summed E-state index contributed by atoms with van der Waals surface area (Å²) >= 11 is 0. The smallest absolute Gasteiger partial charge is 0.264 e. The second kappa shape index (κ2) is 7.19. The van der Waals surface area contributed by atoms with Crippen LogP contribution in [0.3, 0.4) is 0 Å². The Hall–Kier alpha value is -2.12. The predicted octanol–water partition coefficient (Wildman–Crippen LogP) is 2.03. The van der Waals surface area contributed by atoms with Crippen molar-refractivity contribution < 1.29 is 17.9 Å². The van der Waals surface area contributed by atoms with Gasteiger partial charge in [-0.05, 0) is 24.5 Å². The van der Waals surface area contributed by atoms with E-state index in [4.69, 9.17) is 10.5 Å². The van der Waals surface area contributed by atoms with Gasteiger partial charge in [0.25, 0.3) is 15.9 Å². The Morgan fingerprint density at radius 1 is 1.17 bits per heavy atom. The molecule has 0 saturated carbocycles. The van der Waals surface area contributed by atoms with Crippen LogP contribution in [0.1, 0.15) is 20.3 Å². The number of sulfonamides is 1. The van der Waals surface area contributed by atoms with Crippen LogP contribution in [0.15, 0.2) is 41.3 Å². The lowest BCUT2D eigenvalue weighted by atomic mass is 10.0. The van der Waals surface area contributed by atoms with Crippen LogP contribution in [0.4, 0.5) is 0 Å². The number of methoxy groups -OCH3 is 1. The highest BCUT2D eigenvalue weighted by molar-refractivity contribution is 7.90. The largest absolute Gasteiger partial charge is 0.496 e. The minimum absolute atomic E-state index is 0.0176. The van der Waals surface area contributed by atoms with Crippen LogP contribution in [0.25, 0.3) is 10.8 Å². The molecule has 130 valence electrons. The normalized spacial score (nSPS) is 13.0. The van der Waals surface area contributed by atoms with Gasteiger partial charge in [-0.25, -0.2) is 13.1 Å². The van der Waals surface area contributed by atoms with Gasteiger partial charge < -0.3 is 10.5 Å². The first-order chi connectivity index (χ1) is 11.3. The third kappa shape index (κ3) is 3.85. The highest BCUT2D eigenvalue weighted by atomic mass is 32.2. The van der Waals surface area contributed by atoms with Crippen molar-refractivity contribution in [3.63, 3.8) is 0 Å². The molecule has 0 aliphatic heterocycles. The van der Waals surface area contributed by atoms with Crippen molar-refractivity contribution in [3.8, 4) is 5.75 Å². The van der Waals surface area contributed by atoms with E-state index in [0.717, 1.165) is 0 Å². The minimum Gasteiger partial charge on any atom is -0.496 e. The van der Waals surface area contributed by atoms with E-state index >= 15 is 0 Å². The molecule has 0 aromatic heterocycles. The number of carbonyl (C=O) groups excluding carboxylic acids is 1. The summed E-state index contributed by atoms with van der Waals surface area (Å²) in [5, 5.41) is 1.14. The zero-order valence-corrected chi connectivity index (χ0v) is 14.8. The second-order valence-corrected chi connectivity index (χ2v) is 7.67. The summed E-state index contributed by atoms with van der Waals surface area (Å²) in [6.45, 7) is 3.83. The molecular formula is C17H22N2O4S. The number of fused-ring (bicyclic) bond motifs is 1. The lowest BCUT2D eigenvalue weighted by Gasteiger charge is -2.16. The lowest BCUT2D eigenvalue weighted by Crippen LogP contribution is -2.44. The Bertz CT molecular complexity index is 847. The van der Waals surface area contributed by atoms with E-state index in [1.165, 1.54) is 13.2 Å². The molecule has 24 heavy (non-hydrogen) atoms. The van der Waals surface area contributed by atoms with Crippen LogP contribution >= 0.6 is 0 Å². The monoisotopic (exact) mass is 350 g/mol. The van der Waals surface area contributed by atoms with Crippen molar-refractivity contribution >= 4 is 26.7 Å². The van der Waals surface area contributed by atoms with E-state index in [0.29, 0.717) is 22.9 Å². The standard InChI is InChI=1S/C17H22N2O4S/c1-11(2)10-14(18)17(20)19-24(21,22)16-9-8-15(23-3)12-6-4-5-7-13(12)16/h4-9,11,14H,10,18H2,1-3H3,(H,19,20)/t14-/m0/s1. The molecule has 7 heteroatoms. The topological polar surface area (TPSA) is 98.5 Å². The molecule has 0 aliphatic carbocycles. The van der Waals surface area contributed by atoms with Gasteiger partial charge >= 0.3 is 0 Å². The molecule has 0 saturated heterocycles. The maximum atomic E-state index is 12.6. The summed E-state index contributed by atoms with van der Waals surface area (Å²) in [6.07, 6.45) is 0.407. The van der Waals surface area contributed by atoms with Crippen molar-refractivity contribution in [2.45, 2.75) is 31.2 Å². The van der Waals surface area contributed by atoms with Gasteiger partial charge in [0, 0.05) is 10.8 Å². The average molecular weight is 350 g/mol. The van der Waals surface area contributed by atoms with Gasteiger partial charge in [-0.3, -0.25) is 4.79 Å². The number of carbonyl (C=O) groups is 1. The van der Waals surface area contributed by atoms with Crippen molar-refractivity contribution in [2.75, 3.05) is 7.11 Å². The second-order valence-electron chi connectivity index (χ2n) is 6.02. The predicted molar refractivity (Wildman–Crippen MR) is 93.3 cm³/mol. The molecule has 0 aliphatic rings. The molecule has 0 unspecified atom stereocenters. The molecule has 0 spiro atoms. The van der Waals surface area contributed by atoms with E-state index < -0.39 is 22.0 Å². The van der Waals surface area contributed by atoms with Gasteiger partial charge in [-0.1, -0.05) is 38.1 Å². The van der Waals surface area contributed by atoms with Crippen LogP contribution in [0.2, 0.25) is 0 Å². The van der Waals surface area contributed by atoms with Crippen LogP contribution in [-0.4, -0.2) is 27.5 Å². The molecule has 2 aromatic rings. The molecule has 0 heterocycles. The maximum absolute atomic E-state index is 12.6. The Morgan fingerprint density at radius 2 is 1.79 bits per heavy atom. The molecule has 1 atom stereocenters. The Balaban J connectivity index is 2.40. The van der Waals surface area contributed by atoms with Crippen LogP contribution < -0.4 is 15.2 Å². The average Bonchev–Trinajstić information content (AvgIpc) is 2.52. The van der Waals surface area contributed by atoms with Crippen molar-refractivity contribution in [3.05, 3.63) is 36.4 Å². The third-order valence-electron chi connectivity index (χ3n) is 3.65. The number of ether oxygens (including phenoxy) is 1. The fourth-order valence-electron chi connectivity index (χ4n) is 2.53. The van der Waals surface area contributed by atoms with Crippen molar-refractivity contribution in [1.29, 1.82) is 0 Å². The summed E-state index contributed by atoms with van der Waals surface area (Å²) in [4.78, 5) is 12.1. The molecule has 0 fully saturated rings. The molecule has 3 N–H and O–H groups in total. The van der Waals surface area contributed by atoms with E-state index in [9.17, 15) is 13.2 Å². The highest BCUT2D eigenvalue weighted by Crippen LogP contribution is 2.30. The van der Waals surface area contributed by atoms with Gasteiger partial charge in [0.15, 0.2) is 0 Å². The Morgan fingerprint density at radius 3 is 2.38 bits per heavy atom. The third-order valence-corrected chi connectivity index (χ3v) is 5.06. The summed E-state index contributed by atoms with van der Waals surface area (Å²) < 4.78 is 32.6. The summed E-state index contributed by atoms with van der Waals surface area (Å²) in [5.74, 6) is 0.0475. The van der Waals surface area contributed by atoms with Gasteiger partial charge in [0.1, 0.15) is 5.75 Å². The van der Waals surface area contributed by atoms with Gasteiger partial charge in [-0.15, -0.1) is 0 Å². The fourth-order valence-corrected chi connectivity index (χ4v) is 3.78. The Kier molecular flexibility index (Phi) is 5.46. The number of amides is 1. The lowest BCUT2D eigenvalue weighted by molar-refractivity contribution is -0.120. The molecule has 6 nitrogen and oxygen atoms in total. The number of nitrogens with one attached hydrogen (secondary N) is 1. The Labute approximate surface area is 142 Å². The summed E-state index contributed by atoms with van der Waals surface area (Å²) in [5.41, 5.74) is 5.77. The minimum atomic E-state index is -4.03. The SMILES string of the molecule is COc1ccc(S(=O)(=O)NC(=O)[C@@H](N)CC(C)C)c2ccccc12. The molecule has 2 rings (SSSR count). The number of hydrogen-bond donors (Lipinski definition) is 2. The molecule has 0 bridgehead atoms. The summed E-state index contributed by atoms with van der Waals surface area (Å²) in [7, 11) is -2.51. The quantitative estimate of drug-likeness (QED) is 0.830. The molecular weight excluding hydrogens is 328 g/mol. The zero-order valence-electron chi connectivity index (χ0n) is 13.9. The number of benzene rings is 2.